The third kappa shape index (κ3) is 3.72. The summed E-state index contributed by atoms with van der Waals surface area (Å²) < 4.78 is 11.3. The molecular weight excluding hydrogens is 246 g/mol. The largest absolute Gasteiger partial charge is 0.450 e. The highest BCUT2D eigenvalue weighted by atomic mass is 28.4. The molecule has 0 radical (unpaired) electrons. The van der Waals surface area contributed by atoms with Crippen molar-refractivity contribution in [3.8, 4) is 0 Å². The standard InChI is InChI=1S/C13H27NO3Si/c1-7-16-12(15)14-9-8-11(10-14)17-18(5,6)13(2,3)4/h11H,7-10H2,1-6H3/t11-/m1/s1. The summed E-state index contributed by atoms with van der Waals surface area (Å²) in [5.41, 5.74) is 0. The van der Waals surface area contributed by atoms with E-state index in [1.54, 1.807) is 4.90 Å². The third-order valence-electron chi connectivity index (χ3n) is 3.94. The first-order chi connectivity index (χ1) is 8.17. The van der Waals surface area contributed by atoms with Crippen LogP contribution in [0.5, 0.6) is 0 Å². The predicted octanol–water partition coefficient (Wildman–Crippen LogP) is 3.24. The number of ether oxygens (including phenoxy) is 1. The molecule has 1 heterocycles. The molecule has 1 rings (SSSR count). The first kappa shape index (κ1) is 15.5. The topological polar surface area (TPSA) is 38.8 Å². The number of nitrogens with zero attached hydrogens (tertiary/aromatic N) is 1. The highest BCUT2D eigenvalue weighted by Gasteiger charge is 2.41. The van der Waals surface area contributed by atoms with E-state index in [0.29, 0.717) is 13.2 Å². The van der Waals surface area contributed by atoms with Crippen LogP contribution >= 0.6 is 0 Å². The number of hydrogen-bond acceptors (Lipinski definition) is 3. The lowest BCUT2D eigenvalue weighted by molar-refractivity contribution is 0.108. The van der Waals surface area contributed by atoms with Crippen molar-refractivity contribution in [2.75, 3.05) is 19.7 Å². The van der Waals surface area contributed by atoms with Crippen molar-refractivity contribution in [3.05, 3.63) is 0 Å². The van der Waals surface area contributed by atoms with E-state index in [0.717, 1.165) is 13.0 Å². The second kappa shape index (κ2) is 5.61. The number of hydrogen-bond donors (Lipinski definition) is 0. The predicted molar refractivity (Wildman–Crippen MR) is 75.3 cm³/mol. The minimum atomic E-state index is -1.73. The maximum atomic E-state index is 11.6. The van der Waals surface area contributed by atoms with Crippen molar-refractivity contribution in [2.45, 2.75) is 58.4 Å². The summed E-state index contributed by atoms with van der Waals surface area (Å²) in [6.45, 7) is 14.9. The van der Waals surface area contributed by atoms with Crippen molar-refractivity contribution in [1.82, 2.24) is 4.90 Å². The van der Waals surface area contributed by atoms with Gasteiger partial charge in [0, 0.05) is 13.1 Å². The van der Waals surface area contributed by atoms with E-state index in [2.05, 4.69) is 33.9 Å². The third-order valence-corrected chi connectivity index (χ3v) is 8.47. The lowest BCUT2D eigenvalue weighted by Gasteiger charge is -2.38. The van der Waals surface area contributed by atoms with Crippen LogP contribution in [-0.2, 0) is 9.16 Å². The first-order valence-electron chi connectivity index (χ1n) is 6.77. The molecule has 0 aliphatic carbocycles. The van der Waals surface area contributed by atoms with Crippen molar-refractivity contribution in [2.24, 2.45) is 0 Å². The normalized spacial score (nSPS) is 21.2. The zero-order chi connectivity index (χ0) is 14.0. The van der Waals surface area contributed by atoms with Gasteiger partial charge in [-0.15, -0.1) is 0 Å². The number of carbonyl (C=O) groups is 1. The minimum Gasteiger partial charge on any atom is -0.450 e. The van der Waals surface area contributed by atoms with Gasteiger partial charge in [0.25, 0.3) is 0 Å². The van der Waals surface area contributed by atoms with Gasteiger partial charge >= 0.3 is 6.09 Å². The minimum absolute atomic E-state index is 0.176. The summed E-state index contributed by atoms with van der Waals surface area (Å²) in [5.74, 6) is 0. The molecule has 4 nitrogen and oxygen atoms in total. The molecule has 0 N–H and O–H groups in total. The van der Waals surface area contributed by atoms with Crippen molar-refractivity contribution in [1.29, 1.82) is 0 Å². The maximum absolute atomic E-state index is 11.6. The van der Waals surface area contributed by atoms with Crippen molar-refractivity contribution >= 4 is 14.4 Å². The second-order valence-corrected chi connectivity index (χ2v) is 11.2. The van der Waals surface area contributed by atoms with E-state index in [1.165, 1.54) is 0 Å². The number of rotatable bonds is 3. The molecule has 5 heteroatoms. The van der Waals surface area contributed by atoms with Crippen LogP contribution in [0.4, 0.5) is 4.79 Å². The average molecular weight is 273 g/mol. The quantitative estimate of drug-likeness (QED) is 0.741. The lowest BCUT2D eigenvalue weighted by atomic mass is 10.2. The SMILES string of the molecule is CCOC(=O)N1CC[C@@H](O[Si](C)(C)C(C)(C)C)C1. The van der Waals surface area contributed by atoms with Crippen LogP contribution < -0.4 is 0 Å². The van der Waals surface area contributed by atoms with Crippen LogP contribution in [0.15, 0.2) is 0 Å². The molecule has 18 heavy (non-hydrogen) atoms. The van der Waals surface area contributed by atoms with Gasteiger partial charge in [0.05, 0.1) is 12.7 Å². The van der Waals surface area contributed by atoms with Gasteiger partial charge in [0.1, 0.15) is 0 Å². The van der Waals surface area contributed by atoms with Gasteiger partial charge < -0.3 is 14.1 Å². The van der Waals surface area contributed by atoms with E-state index in [9.17, 15) is 4.79 Å². The van der Waals surface area contributed by atoms with Crippen LogP contribution in [0.1, 0.15) is 34.1 Å². The highest BCUT2D eigenvalue weighted by Crippen LogP contribution is 2.38. The number of carbonyl (C=O) groups excluding carboxylic acids is 1. The summed E-state index contributed by atoms with van der Waals surface area (Å²) in [5, 5.41) is 0.213. The Morgan fingerprint density at radius 3 is 2.50 bits per heavy atom. The Balaban J connectivity index is 2.51. The van der Waals surface area contributed by atoms with E-state index in [-0.39, 0.29) is 17.2 Å². The Morgan fingerprint density at radius 2 is 2.00 bits per heavy atom. The molecule has 0 bridgehead atoms. The van der Waals surface area contributed by atoms with Gasteiger partial charge in [-0.3, -0.25) is 0 Å². The van der Waals surface area contributed by atoms with Crippen LogP contribution in [0, 0.1) is 0 Å². The molecule has 1 atom stereocenters. The fourth-order valence-corrected chi connectivity index (χ4v) is 3.18. The summed E-state index contributed by atoms with van der Waals surface area (Å²) >= 11 is 0. The van der Waals surface area contributed by atoms with Gasteiger partial charge in [-0.25, -0.2) is 4.79 Å². The van der Waals surface area contributed by atoms with Gasteiger partial charge in [-0.1, -0.05) is 20.8 Å². The fourth-order valence-electron chi connectivity index (χ4n) is 1.80. The molecule has 1 amide bonds. The van der Waals surface area contributed by atoms with Gasteiger partial charge in [0.2, 0.25) is 0 Å². The second-order valence-electron chi connectivity index (χ2n) is 6.43. The van der Waals surface area contributed by atoms with E-state index in [1.807, 2.05) is 6.92 Å². The Hall–Kier alpha value is -0.553. The molecule has 106 valence electrons. The molecule has 0 spiro atoms. The Labute approximate surface area is 112 Å². The van der Waals surface area contributed by atoms with Crippen molar-refractivity contribution < 1.29 is 14.0 Å². The molecule has 0 aromatic carbocycles. The number of likely N-dealkylation sites (tertiary alicyclic amines) is 1. The molecule has 0 aromatic heterocycles. The van der Waals surface area contributed by atoms with Gasteiger partial charge in [0.15, 0.2) is 8.32 Å². The van der Waals surface area contributed by atoms with Crippen LogP contribution in [0.3, 0.4) is 0 Å². The highest BCUT2D eigenvalue weighted by molar-refractivity contribution is 6.74. The smallest absolute Gasteiger partial charge is 0.409 e. The summed E-state index contributed by atoms with van der Waals surface area (Å²) in [6.07, 6.45) is 0.889. The summed E-state index contributed by atoms with van der Waals surface area (Å²) in [7, 11) is -1.73. The monoisotopic (exact) mass is 273 g/mol. The lowest BCUT2D eigenvalue weighted by Crippen LogP contribution is -2.44. The molecule has 1 aliphatic rings. The fraction of sp³-hybridized carbons (Fsp3) is 0.923. The molecule has 0 saturated carbocycles. The van der Waals surface area contributed by atoms with Crippen LogP contribution in [0.2, 0.25) is 18.1 Å². The van der Waals surface area contributed by atoms with E-state index >= 15 is 0 Å². The molecular formula is C13H27NO3Si. The zero-order valence-corrected chi connectivity index (χ0v) is 13.6. The molecule has 1 saturated heterocycles. The molecule has 1 aliphatic heterocycles. The average Bonchev–Trinajstić information content (AvgIpc) is 2.64. The van der Waals surface area contributed by atoms with E-state index in [4.69, 9.17) is 9.16 Å². The van der Waals surface area contributed by atoms with Gasteiger partial charge in [-0.05, 0) is 31.5 Å². The Bertz CT molecular complexity index is 299. The zero-order valence-electron chi connectivity index (χ0n) is 12.6. The molecule has 0 aromatic rings. The van der Waals surface area contributed by atoms with Crippen LogP contribution in [0.25, 0.3) is 0 Å². The Kier molecular flexibility index (Phi) is 4.83. The summed E-state index contributed by atoms with van der Waals surface area (Å²) in [4.78, 5) is 13.4. The maximum Gasteiger partial charge on any atom is 0.409 e. The van der Waals surface area contributed by atoms with Gasteiger partial charge in [-0.2, -0.15) is 0 Å². The Morgan fingerprint density at radius 1 is 1.39 bits per heavy atom. The molecule has 1 fully saturated rings. The van der Waals surface area contributed by atoms with Crippen LogP contribution in [-0.4, -0.2) is 45.1 Å². The van der Waals surface area contributed by atoms with E-state index < -0.39 is 8.32 Å². The first-order valence-corrected chi connectivity index (χ1v) is 9.67. The van der Waals surface area contributed by atoms with Crippen molar-refractivity contribution in [3.63, 3.8) is 0 Å². The number of amides is 1. The molecule has 0 unspecified atom stereocenters. The summed E-state index contributed by atoms with van der Waals surface area (Å²) in [6, 6.07) is 0.